The topological polar surface area (TPSA) is 77.0 Å². The standard InChI is InChI=1S/C18H18N2O4S/c1-23-18(22)14-5-3-13(4-6-14)11-19-24-12-17(21)20-15-7-9-16(25-2)10-8-15/h3-11H,12H2,1-2H3,(H,20,21)/b19-11+. The van der Waals surface area contributed by atoms with Crippen molar-refractivity contribution in [2.24, 2.45) is 5.16 Å². The molecule has 2 aromatic rings. The van der Waals surface area contributed by atoms with Gasteiger partial charge in [0.05, 0.1) is 18.9 Å². The summed E-state index contributed by atoms with van der Waals surface area (Å²) in [6.45, 7) is -0.193. The number of amides is 1. The Morgan fingerprint density at radius 3 is 2.40 bits per heavy atom. The number of hydrogen-bond acceptors (Lipinski definition) is 6. The van der Waals surface area contributed by atoms with Gasteiger partial charge in [-0.1, -0.05) is 17.3 Å². The third-order valence-electron chi connectivity index (χ3n) is 3.18. The largest absolute Gasteiger partial charge is 0.465 e. The molecule has 0 saturated carbocycles. The average Bonchev–Trinajstić information content (AvgIpc) is 2.65. The van der Waals surface area contributed by atoms with Crippen LogP contribution in [0.4, 0.5) is 5.69 Å². The van der Waals surface area contributed by atoms with Crippen LogP contribution in [0.25, 0.3) is 0 Å². The van der Waals surface area contributed by atoms with Gasteiger partial charge in [0.25, 0.3) is 5.91 Å². The molecule has 6 nitrogen and oxygen atoms in total. The van der Waals surface area contributed by atoms with Crippen molar-refractivity contribution in [2.75, 3.05) is 25.3 Å². The van der Waals surface area contributed by atoms with Crippen LogP contribution in [0.5, 0.6) is 0 Å². The Labute approximate surface area is 150 Å². The molecule has 0 atom stereocenters. The molecule has 0 bridgehead atoms. The van der Waals surface area contributed by atoms with E-state index in [1.54, 1.807) is 36.0 Å². The average molecular weight is 358 g/mol. The van der Waals surface area contributed by atoms with Gasteiger partial charge in [-0.25, -0.2) is 4.79 Å². The van der Waals surface area contributed by atoms with Gasteiger partial charge in [-0.3, -0.25) is 4.79 Å². The van der Waals surface area contributed by atoms with E-state index in [4.69, 9.17) is 4.84 Å². The van der Waals surface area contributed by atoms with E-state index in [0.29, 0.717) is 11.3 Å². The SMILES string of the molecule is COC(=O)c1ccc(/C=N/OCC(=O)Nc2ccc(SC)cc2)cc1. The summed E-state index contributed by atoms with van der Waals surface area (Å²) in [4.78, 5) is 29.2. The molecule has 0 heterocycles. The molecule has 2 rings (SSSR count). The maximum Gasteiger partial charge on any atom is 0.337 e. The highest BCUT2D eigenvalue weighted by atomic mass is 32.2. The summed E-state index contributed by atoms with van der Waals surface area (Å²) < 4.78 is 4.62. The molecule has 1 N–H and O–H groups in total. The van der Waals surface area contributed by atoms with E-state index in [9.17, 15) is 9.59 Å². The Morgan fingerprint density at radius 2 is 1.80 bits per heavy atom. The van der Waals surface area contributed by atoms with Crippen LogP contribution in [0.2, 0.25) is 0 Å². The lowest BCUT2D eigenvalue weighted by Gasteiger charge is -2.05. The van der Waals surface area contributed by atoms with Crippen molar-refractivity contribution < 1.29 is 19.2 Å². The van der Waals surface area contributed by atoms with E-state index in [2.05, 4.69) is 15.2 Å². The van der Waals surface area contributed by atoms with Gasteiger partial charge in [0, 0.05) is 10.6 Å². The molecule has 0 aliphatic carbocycles. The van der Waals surface area contributed by atoms with Crippen LogP contribution >= 0.6 is 11.8 Å². The Balaban J connectivity index is 1.78. The number of carbonyl (C=O) groups is 2. The molecule has 0 aliphatic heterocycles. The number of carbonyl (C=O) groups excluding carboxylic acids is 2. The van der Waals surface area contributed by atoms with Crippen molar-refractivity contribution in [3.63, 3.8) is 0 Å². The lowest BCUT2D eigenvalue weighted by Crippen LogP contribution is -2.16. The van der Waals surface area contributed by atoms with Crippen molar-refractivity contribution in [3.05, 3.63) is 59.7 Å². The monoisotopic (exact) mass is 358 g/mol. The first-order valence-electron chi connectivity index (χ1n) is 7.40. The van der Waals surface area contributed by atoms with Gasteiger partial charge in [0.1, 0.15) is 0 Å². The summed E-state index contributed by atoms with van der Waals surface area (Å²) in [5.74, 6) is -0.697. The fourth-order valence-electron chi connectivity index (χ4n) is 1.89. The van der Waals surface area contributed by atoms with Gasteiger partial charge in [0.2, 0.25) is 0 Å². The number of nitrogens with zero attached hydrogens (tertiary/aromatic N) is 1. The fourth-order valence-corrected chi connectivity index (χ4v) is 2.30. The number of rotatable bonds is 7. The Bertz CT molecular complexity index is 743. The molecule has 0 fully saturated rings. The Morgan fingerprint density at radius 1 is 1.12 bits per heavy atom. The number of methoxy groups -OCH3 is 1. The number of ether oxygens (including phenoxy) is 1. The first kappa shape index (κ1) is 18.5. The molecule has 1 amide bonds. The zero-order valence-electron chi connectivity index (χ0n) is 13.9. The van der Waals surface area contributed by atoms with Crippen LogP contribution < -0.4 is 5.32 Å². The smallest absolute Gasteiger partial charge is 0.337 e. The molecule has 0 aromatic heterocycles. The van der Waals surface area contributed by atoms with Crippen LogP contribution in [-0.4, -0.2) is 38.1 Å². The minimum atomic E-state index is -0.401. The third kappa shape index (κ3) is 5.96. The molecule has 2 aromatic carbocycles. The van der Waals surface area contributed by atoms with E-state index in [-0.39, 0.29) is 12.5 Å². The van der Waals surface area contributed by atoms with E-state index in [0.717, 1.165) is 10.5 Å². The van der Waals surface area contributed by atoms with Crippen LogP contribution in [0.1, 0.15) is 15.9 Å². The molecular weight excluding hydrogens is 340 g/mol. The maximum absolute atomic E-state index is 11.8. The third-order valence-corrected chi connectivity index (χ3v) is 3.92. The minimum Gasteiger partial charge on any atom is -0.465 e. The number of hydrogen-bond donors (Lipinski definition) is 1. The van der Waals surface area contributed by atoms with E-state index >= 15 is 0 Å². The molecule has 0 aliphatic rings. The van der Waals surface area contributed by atoms with Gasteiger partial charge in [-0.15, -0.1) is 11.8 Å². The first-order valence-corrected chi connectivity index (χ1v) is 8.62. The summed E-state index contributed by atoms with van der Waals surface area (Å²) in [6, 6.07) is 14.2. The summed E-state index contributed by atoms with van der Waals surface area (Å²) in [7, 11) is 1.33. The van der Waals surface area contributed by atoms with Crippen LogP contribution in [0.15, 0.2) is 58.6 Å². The van der Waals surface area contributed by atoms with Gasteiger partial charge >= 0.3 is 5.97 Å². The fraction of sp³-hybridized carbons (Fsp3) is 0.167. The molecule has 25 heavy (non-hydrogen) atoms. The number of oxime groups is 1. The van der Waals surface area contributed by atoms with Crippen LogP contribution in [-0.2, 0) is 14.4 Å². The number of benzene rings is 2. The van der Waals surface area contributed by atoms with E-state index < -0.39 is 5.97 Å². The predicted molar refractivity (Wildman–Crippen MR) is 98.2 cm³/mol. The van der Waals surface area contributed by atoms with Crippen LogP contribution in [0.3, 0.4) is 0 Å². The highest BCUT2D eigenvalue weighted by Gasteiger charge is 2.04. The number of thioether (sulfide) groups is 1. The molecule has 0 saturated heterocycles. The van der Waals surface area contributed by atoms with Crippen molar-refractivity contribution in [1.82, 2.24) is 0 Å². The number of esters is 1. The normalized spacial score (nSPS) is 10.5. The zero-order valence-corrected chi connectivity index (χ0v) is 14.7. The molecule has 130 valence electrons. The Kier molecular flexibility index (Phi) is 7.03. The second-order valence-corrected chi connectivity index (χ2v) is 5.78. The lowest BCUT2D eigenvalue weighted by atomic mass is 10.1. The molecular formula is C18H18N2O4S. The van der Waals surface area contributed by atoms with E-state index in [1.807, 2.05) is 30.5 Å². The Hall–Kier alpha value is -2.80. The first-order chi connectivity index (χ1) is 12.1. The van der Waals surface area contributed by atoms with Crippen molar-refractivity contribution in [1.29, 1.82) is 0 Å². The lowest BCUT2D eigenvalue weighted by molar-refractivity contribution is -0.120. The second kappa shape index (κ2) is 9.48. The summed E-state index contributed by atoms with van der Waals surface area (Å²) in [5.41, 5.74) is 1.89. The van der Waals surface area contributed by atoms with Gasteiger partial charge in [-0.2, -0.15) is 0 Å². The highest BCUT2D eigenvalue weighted by molar-refractivity contribution is 7.98. The van der Waals surface area contributed by atoms with Gasteiger partial charge in [0.15, 0.2) is 6.61 Å². The maximum atomic E-state index is 11.8. The number of nitrogens with one attached hydrogen (secondary N) is 1. The molecule has 0 radical (unpaired) electrons. The van der Waals surface area contributed by atoms with Gasteiger partial charge < -0.3 is 14.9 Å². The van der Waals surface area contributed by atoms with Crippen molar-refractivity contribution in [2.45, 2.75) is 4.90 Å². The van der Waals surface area contributed by atoms with Crippen molar-refractivity contribution in [3.8, 4) is 0 Å². The van der Waals surface area contributed by atoms with Crippen molar-refractivity contribution >= 4 is 35.5 Å². The summed E-state index contributed by atoms with van der Waals surface area (Å²) in [5, 5.41) is 6.46. The minimum absolute atomic E-state index is 0.193. The highest BCUT2D eigenvalue weighted by Crippen LogP contribution is 2.17. The molecule has 0 spiro atoms. The quantitative estimate of drug-likeness (QED) is 0.356. The molecule has 0 unspecified atom stereocenters. The summed E-state index contributed by atoms with van der Waals surface area (Å²) in [6.07, 6.45) is 3.45. The molecule has 7 heteroatoms. The summed E-state index contributed by atoms with van der Waals surface area (Å²) >= 11 is 1.63. The van der Waals surface area contributed by atoms with Gasteiger partial charge in [-0.05, 0) is 48.2 Å². The zero-order chi connectivity index (χ0) is 18.1. The second-order valence-electron chi connectivity index (χ2n) is 4.90. The predicted octanol–water partition coefficient (Wildman–Crippen LogP) is 3.18. The number of anilines is 1. The van der Waals surface area contributed by atoms with Crippen LogP contribution in [0, 0.1) is 0 Å². The van der Waals surface area contributed by atoms with E-state index in [1.165, 1.54) is 13.3 Å².